The lowest BCUT2D eigenvalue weighted by Gasteiger charge is -2.31. The Bertz CT molecular complexity index is 2510. The van der Waals surface area contributed by atoms with Gasteiger partial charge in [-0.3, -0.25) is 24.2 Å². The number of nitrogens with two attached hydrogens (primary N) is 1. The summed E-state index contributed by atoms with van der Waals surface area (Å²) in [6.45, 7) is 9.51. The number of amides is 5. The maximum absolute atomic E-state index is 14.1. The van der Waals surface area contributed by atoms with Gasteiger partial charge in [-0.2, -0.15) is 0 Å². The van der Waals surface area contributed by atoms with Crippen LogP contribution in [0.1, 0.15) is 93.0 Å². The highest BCUT2D eigenvalue weighted by atomic mass is 16.6. The first kappa shape index (κ1) is 48.8. The fourth-order valence-electron chi connectivity index (χ4n) is 8.42. The molecule has 3 aromatic rings. The van der Waals surface area contributed by atoms with Gasteiger partial charge in [-0.1, -0.05) is 37.1 Å². The number of fused-ring (bicyclic) bond motifs is 4. The number of hydrogen-bond donors (Lipinski definition) is 5. The Kier molecular flexibility index (Phi) is 15.2. The molecule has 7 rings (SSSR count). The number of anilines is 2. The van der Waals surface area contributed by atoms with E-state index in [1.54, 1.807) is 74.5 Å². The average Bonchev–Trinajstić information content (AvgIpc) is 3.86. The molecular weight excluding hydrogens is 877 g/mol. The minimum absolute atomic E-state index is 0.101. The first-order chi connectivity index (χ1) is 32.6. The maximum Gasteiger partial charge on any atom is 0.416 e. The molecule has 4 aliphatic heterocycles. The van der Waals surface area contributed by atoms with Gasteiger partial charge in [0.25, 0.3) is 11.8 Å². The SMILES string of the molecule is COc1cc2c(cc1OCCCCCOc1cc3c(cc1OC)C(=O)N1C=C(C)C[C@H]1[C@H](O)N3C(=O)OCc1ccc(NN[C@@H](C)C(=O)N[C@H](C(N)=O)C(C)C)cc1)N=C[C@@H]1CC(C)=CN1C2=O. The number of aliphatic hydroxyl groups is 1. The van der Waals surface area contributed by atoms with Gasteiger partial charge in [0, 0.05) is 36.4 Å². The van der Waals surface area contributed by atoms with E-state index in [1.807, 2.05) is 20.0 Å². The van der Waals surface area contributed by atoms with Crippen molar-refractivity contribution >= 4 is 53.0 Å². The summed E-state index contributed by atoms with van der Waals surface area (Å²) in [6.07, 6.45) is 6.08. The van der Waals surface area contributed by atoms with Gasteiger partial charge < -0.3 is 55.1 Å². The second-order valence-electron chi connectivity index (χ2n) is 17.7. The van der Waals surface area contributed by atoms with E-state index in [4.69, 9.17) is 29.4 Å². The van der Waals surface area contributed by atoms with Crippen molar-refractivity contribution in [1.29, 1.82) is 0 Å². The van der Waals surface area contributed by atoms with Crippen LogP contribution in [0.25, 0.3) is 0 Å². The molecule has 0 saturated carbocycles. The van der Waals surface area contributed by atoms with Crippen molar-refractivity contribution in [2.75, 3.05) is 37.8 Å². The van der Waals surface area contributed by atoms with Crippen LogP contribution < -0.4 is 45.7 Å². The van der Waals surface area contributed by atoms with Gasteiger partial charge in [0.15, 0.2) is 29.2 Å². The number of carbonyl (C=O) groups excluding carboxylic acids is 5. The highest BCUT2D eigenvalue weighted by molar-refractivity contribution is 6.07. The summed E-state index contributed by atoms with van der Waals surface area (Å²) >= 11 is 0. The Morgan fingerprint density at radius 3 is 2.09 bits per heavy atom. The Labute approximate surface area is 395 Å². The molecule has 5 amide bonds. The first-order valence-electron chi connectivity index (χ1n) is 22.7. The van der Waals surface area contributed by atoms with E-state index in [1.165, 1.54) is 31.3 Å². The van der Waals surface area contributed by atoms with Crippen LogP contribution in [0.5, 0.6) is 23.0 Å². The van der Waals surface area contributed by atoms with Crippen LogP contribution >= 0.6 is 0 Å². The fraction of sp³-hybridized carbons (Fsp3) is 0.429. The van der Waals surface area contributed by atoms with E-state index in [9.17, 15) is 29.1 Å². The summed E-state index contributed by atoms with van der Waals surface area (Å²) in [5, 5.41) is 14.5. The van der Waals surface area contributed by atoms with E-state index in [-0.39, 0.29) is 53.8 Å². The molecule has 5 atom stereocenters. The Hall–Kier alpha value is -7.12. The number of primary amides is 1. The molecule has 0 radical (unpaired) electrons. The van der Waals surface area contributed by atoms with E-state index in [0.29, 0.717) is 59.9 Å². The fourth-order valence-corrected chi connectivity index (χ4v) is 8.42. The number of nitrogens with zero attached hydrogens (tertiary/aromatic N) is 4. The minimum Gasteiger partial charge on any atom is -0.493 e. The standard InChI is InChI=1S/C49H60N8O11/c1-27(2)43(44(50)58)52-45(59)30(5)53-54-32-13-11-31(12-14-32)26-68-49(63)57-37-22-42(40(65-7)20-35(37)47(61)56-25-29(4)18-38(56)48(57)62)67-16-10-8-9-15-66-41-21-36-34(19-39(41)64-6)46(60)55-24-28(3)17-33(55)23-51-36/h11-14,19-25,27,30,33,38,43,48,53-54,62H,8-10,15-18,26H2,1-7H3,(H2,50,58)(H,52,59)/t30-,33-,38-,43-,48-/m0/s1. The lowest BCUT2D eigenvalue weighted by Crippen LogP contribution is -2.53. The molecule has 4 aliphatic rings. The number of hydrogen-bond acceptors (Lipinski definition) is 14. The quantitative estimate of drug-likeness (QED) is 0.0719. The van der Waals surface area contributed by atoms with Gasteiger partial charge in [-0.05, 0) is 88.6 Å². The third kappa shape index (κ3) is 10.7. The normalized spacial score (nSPS) is 19.1. The lowest BCUT2D eigenvalue weighted by molar-refractivity contribution is -0.129. The second-order valence-corrected chi connectivity index (χ2v) is 17.7. The lowest BCUT2D eigenvalue weighted by atomic mass is 10.0. The predicted octanol–water partition coefficient (Wildman–Crippen LogP) is 5.69. The molecule has 0 spiro atoms. The summed E-state index contributed by atoms with van der Waals surface area (Å²) in [7, 11) is 2.99. The van der Waals surface area contributed by atoms with Crippen molar-refractivity contribution in [2.45, 2.75) is 104 Å². The van der Waals surface area contributed by atoms with Crippen molar-refractivity contribution in [3.8, 4) is 23.0 Å². The van der Waals surface area contributed by atoms with Gasteiger partial charge >= 0.3 is 6.09 Å². The van der Waals surface area contributed by atoms with Crippen LogP contribution in [-0.4, -0.2) is 109 Å². The van der Waals surface area contributed by atoms with E-state index >= 15 is 0 Å². The average molecular weight is 937 g/mol. The zero-order chi connectivity index (χ0) is 48.8. The maximum atomic E-state index is 14.1. The second kappa shape index (κ2) is 21.2. The molecular formula is C49H60N8O11. The summed E-state index contributed by atoms with van der Waals surface area (Å²) < 4.78 is 29.3. The highest BCUT2D eigenvalue weighted by Gasteiger charge is 2.45. The number of rotatable bonds is 19. The van der Waals surface area contributed by atoms with Crippen LogP contribution in [-0.2, 0) is 20.9 Å². The van der Waals surface area contributed by atoms with Crippen molar-refractivity contribution in [3.05, 3.63) is 88.8 Å². The molecule has 362 valence electrons. The molecule has 0 aliphatic carbocycles. The third-order valence-electron chi connectivity index (χ3n) is 12.2. The minimum atomic E-state index is -1.47. The molecule has 3 aromatic carbocycles. The smallest absolute Gasteiger partial charge is 0.416 e. The zero-order valence-electron chi connectivity index (χ0n) is 39.4. The van der Waals surface area contributed by atoms with Gasteiger partial charge in [-0.15, -0.1) is 0 Å². The van der Waals surface area contributed by atoms with Gasteiger partial charge in [0.1, 0.15) is 18.7 Å². The number of ether oxygens (including phenoxy) is 5. The molecule has 68 heavy (non-hydrogen) atoms. The number of nitrogens with one attached hydrogen (secondary N) is 3. The number of carbonyl (C=O) groups is 5. The molecule has 6 N–H and O–H groups in total. The predicted molar refractivity (Wildman–Crippen MR) is 253 cm³/mol. The summed E-state index contributed by atoms with van der Waals surface area (Å²) in [6, 6.07) is 10.9. The van der Waals surface area contributed by atoms with Gasteiger partial charge in [0.05, 0.1) is 62.0 Å². The summed E-state index contributed by atoms with van der Waals surface area (Å²) in [5.74, 6) is -0.306. The topological polar surface area (TPSA) is 236 Å². The van der Waals surface area contributed by atoms with Crippen LogP contribution in [0.3, 0.4) is 0 Å². The Morgan fingerprint density at radius 1 is 0.824 bits per heavy atom. The first-order valence-corrected chi connectivity index (χ1v) is 22.7. The number of unbranched alkanes of at least 4 members (excludes halogenated alkanes) is 2. The number of benzene rings is 3. The van der Waals surface area contributed by atoms with Crippen LogP contribution in [0, 0.1) is 5.92 Å². The zero-order valence-corrected chi connectivity index (χ0v) is 39.4. The van der Waals surface area contributed by atoms with Crippen LogP contribution in [0.2, 0.25) is 0 Å². The molecule has 19 heteroatoms. The molecule has 0 bridgehead atoms. The molecule has 0 saturated heterocycles. The monoisotopic (exact) mass is 936 g/mol. The third-order valence-corrected chi connectivity index (χ3v) is 12.2. The van der Waals surface area contributed by atoms with Gasteiger partial charge in [-0.25, -0.2) is 15.1 Å². The molecule has 0 fully saturated rings. The molecule has 4 heterocycles. The van der Waals surface area contributed by atoms with E-state index < -0.39 is 48.2 Å². The van der Waals surface area contributed by atoms with E-state index in [0.717, 1.165) is 28.9 Å². The van der Waals surface area contributed by atoms with Crippen LogP contribution in [0.15, 0.2) is 77.1 Å². The van der Waals surface area contributed by atoms with Crippen molar-refractivity contribution < 1.29 is 52.8 Å². The van der Waals surface area contributed by atoms with Gasteiger partial charge in [0.2, 0.25) is 11.8 Å². The highest BCUT2D eigenvalue weighted by Crippen LogP contribution is 2.43. The largest absolute Gasteiger partial charge is 0.493 e. The van der Waals surface area contributed by atoms with E-state index in [2.05, 4.69) is 21.2 Å². The Balaban J connectivity index is 0.965. The van der Waals surface area contributed by atoms with Crippen LogP contribution in [0.4, 0.5) is 21.9 Å². The number of aliphatic imine (C=N–C) groups is 1. The summed E-state index contributed by atoms with van der Waals surface area (Å²) in [4.78, 5) is 74.7. The van der Waals surface area contributed by atoms with Crippen molar-refractivity contribution in [2.24, 2.45) is 16.6 Å². The Morgan fingerprint density at radius 2 is 1.44 bits per heavy atom. The molecule has 19 nitrogen and oxygen atoms in total. The van der Waals surface area contributed by atoms with Crippen molar-refractivity contribution in [1.82, 2.24) is 20.5 Å². The number of methoxy groups -OCH3 is 2. The summed E-state index contributed by atoms with van der Waals surface area (Å²) in [5.41, 5.74) is 15.7. The number of aliphatic hydroxyl groups excluding tert-OH is 1. The molecule has 0 aromatic heterocycles. The molecule has 0 unspecified atom stereocenters. The van der Waals surface area contributed by atoms with Crippen molar-refractivity contribution in [3.63, 3.8) is 0 Å². The number of hydrazine groups is 1.